The zero-order valence-electron chi connectivity index (χ0n) is 10.6. The van der Waals surface area contributed by atoms with Gasteiger partial charge in [0, 0.05) is 19.7 Å². The van der Waals surface area contributed by atoms with E-state index in [-0.39, 0.29) is 22.8 Å². The minimum absolute atomic E-state index is 0.0557. The van der Waals surface area contributed by atoms with Gasteiger partial charge in [0.1, 0.15) is 5.69 Å². The normalized spacial score (nSPS) is 14.0. The van der Waals surface area contributed by atoms with Gasteiger partial charge in [0.25, 0.3) is 11.6 Å². The number of para-hydroxylation sites is 1. The fourth-order valence-electron chi connectivity index (χ4n) is 2.00. The molecule has 0 atom stereocenters. The van der Waals surface area contributed by atoms with Crippen molar-refractivity contribution in [3.63, 3.8) is 0 Å². The molecule has 0 unspecified atom stereocenters. The third-order valence-electron chi connectivity index (χ3n) is 3.19. The molecule has 2 rings (SSSR count). The lowest BCUT2D eigenvalue weighted by molar-refractivity contribution is -0.384. The summed E-state index contributed by atoms with van der Waals surface area (Å²) in [5, 5.41) is 10.9. The largest absolute Gasteiger partial charge is 0.341 e. The van der Waals surface area contributed by atoms with Crippen molar-refractivity contribution in [3.05, 3.63) is 33.9 Å². The van der Waals surface area contributed by atoms with Gasteiger partial charge in [-0.2, -0.15) is 0 Å². The molecule has 0 heterocycles. The molecule has 1 amide bonds. The first kappa shape index (κ1) is 13.3. The first-order chi connectivity index (χ1) is 9.04. The van der Waals surface area contributed by atoms with E-state index in [0.29, 0.717) is 12.5 Å². The molecule has 7 heteroatoms. The summed E-state index contributed by atoms with van der Waals surface area (Å²) in [6.07, 6.45) is 2.27. The summed E-state index contributed by atoms with van der Waals surface area (Å²) in [4.78, 5) is 24.2. The maximum Gasteiger partial charge on any atom is 0.294 e. The van der Waals surface area contributed by atoms with Crippen LogP contribution in [-0.4, -0.2) is 29.3 Å². The molecule has 0 aliphatic heterocycles. The van der Waals surface area contributed by atoms with Gasteiger partial charge in [0.15, 0.2) is 0 Å². The van der Waals surface area contributed by atoms with Crippen LogP contribution in [0.3, 0.4) is 0 Å². The lowest BCUT2D eigenvalue weighted by Gasteiger charge is -2.18. The van der Waals surface area contributed by atoms with Gasteiger partial charge < -0.3 is 10.3 Å². The number of nitrogens with two attached hydrogens (primary N) is 1. The van der Waals surface area contributed by atoms with Crippen LogP contribution in [0, 0.1) is 16.0 Å². The molecular formula is C12H16N4O3. The number of hydrogen-bond donors (Lipinski definition) is 2. The molecule has 0 bridgehead atoms. The average molecular weight is 264 g/mol. The van der Waals surface area contributed by atoms with E-state index in [9.17, 15) is 14.9 Å². The summed E-state index contributed by atoms with van der Waals surface area (Å²) in [6, 6.07) is 4.33. The predicted molar refractivity (Wildman–Crippen MR) is 70.6 cm³/mol. The number of amides is 1. The van der Waals surface area contributed by atoms with E-state index in [1.54, 1.807) is 11.9 Å². The van der Waals surface area contributed by atoms with Crippen LogP contribution >= 0.6 is 0 Å². The van der Waals surface area contributed by atoms with Gasteiger partial charge >= 0.3 is 0 Å². The Hall–Kier alpha value is -2.15. The summed E-state index contributed by atoms with van der Waals surface area (Å²) >= 11 is 0. The highest BCUT2D eigenvalue weighted by Crippen LogP contribution is 2.31. The van der Waals surface area contributed by atoms with Crippen molar-refractivity contribution in [2.75, 3.05) is 19.0 Å². The second-order valence-corrected chi connectivity index (χ2v) is 4.73. The molecule has 1 aromatic carbocycles. The van der Waals surface area contributed by atoms with Crippen molar-refractivity contribution in [3.8, 4) is 0 Å². The van der Waals surface area contributed by atoms with Crippen molar-refractivity contribution >= 4 is 17.3 Å². The standard InChI is InChI=1S/C12H16N4O3/c1-15(7-8-5-6-8)12(17)9-3-2-4-10(16(18)19)11(9)14-13/h2-4,8,14H,5-7,13H2,1H3. The average Bonchev–Trinajstić information content (AvgIpc) is 3.20. The zero-order chi connectivity index (χ0) is 14.0. The minimum Gasteiger partial charge on any atom is -0.341 e. The summed E-state index contributed by atoms with van der Waals surface area (Å²) < 4.78 is 0. The number of hydrogen-bond acceptors (Lipinski definition) is 5. The fraction of sp³-hybridized carbons (Fsp3) is 0.417. The third-order valence-corrected chi connectivity index (χ3v) is 3.19. The molecule has 7 nitrogen and oxygen atoms in total. The molecule has 1 saturated carbocycles. The van der Waals surface area contributed by atoms with Crippen LogP contribution in [0.25, 0.3) is 0 Å². The highest BCUT2D eigenvalue weighted by atomic mass is 16.6. The molecule has 102 valence electrons. The Bertz CT molecular complexity index is 514. The van der Waals surface area contributed by atoms with Crippen LogP contribution in [-0.2, 0) is 0 Å². The highest BCUT2D eigenvalue weighted by molar-refractivity contribution is 6.01. The van der Waals surface area contributed by atoms with Gasteiger partial charge in [-0.25, -0.2) is 0 Å². The first-order valence-electron chi connectivity index (χ1n) is 6.04. The number of benzene rings is 1. The number of carbonyl (C=O) groups excluding carboxylic acids is 1. The number of nitro groups is 1. The van der Waals surface area contributed by atoms with Gasteiger partial charge in [0.05, 0.1) is 10.5 Å². The van der Waals surface area contributed by atoms with Gasteiger partial charge in [-0.1, -0.05) is 6.07 Å². The molecule has 0 spiro atoms. The lowest BCUT2D eigenvalue weighted by Crippen LogP contribution is -2.30. The molecule has 1 aromatic rings. The van der Waals surface area contributed by atoms with Crippen LogP contribution in [0.5, 0.6) is 0 Å². The number of nitrogens with one attached hydrogen (secondary N) is 1. The van der Waals surface area contributed by atoms with Crippen molar-refractivity contribution in [1.29, 1.82) is 0 Å². The number of rotatable bonds is 5. The van der Waals surface area contributed by atoms with Crippen LogP contribution in [0.15, 0.2) is 18.2 Å². The van der Waals surface area contributed by atoms with Crippen LogP contribution in [0.2, 0.25) is 0 Å². The number of nitrogen functional groups attached to an aromatic ring is 1. The molecule has 1 fully saturated rings. The van der Waals surface area contributed by atoms with Gasteiger partial charge in [-0.3, -0.25) is 20.8 Å². The predicted octanol–water partition coefficient (Wildman–Crippen LogP) is 1.36. The van der Waals surface area contributed by atoms with E-state index in [1.165, 1.54) is 18.2 Å². The molecule has 1 aliphatic rings. The minimum atomic E-state index is -0.563. The first-order valence-corrected chi connectivity index (χ1v) is 6.04. The Morgan fingerprint density at radius 2 is 2.26 bits per heavy atom. The smallest absolute Gasteiger partial charge is 0.294 e. The molecule has 3 N–H and O–H groups in total. The van der Waals surface area contributed by atoms with E-state index in [0.717, 1.165) is 12.8 Å². The number of hydrazine groups is 1. The molecule has 0 saturated heterocycles. The summed E-state index contributed by atoms with van der Waals surface area (Å²) in [7, 11) is 1.69. The SMILES string of the molecule is CN(CC1CC1)C(=O)c1cccc([N+](=O)[O-])c1NN. The van der Waals surface area contributed by atoms with Gasteiger partial charge in [-0.15, -0.1) is 0 Å². The van der Waals surface area contributed by atoms with E-state index in [1.807, 2.05) is 0 Å². The van der Waals surface area contributed by atoms with Crippen molar-refractivity contribution < 1.29 is 9.72 Å². The van der Waals surface area contributed by atoms with Crippen LogP contribution in [0.4, 0.5) is 11.4 Å². The van der Waals surface area contributed by atoms with E-state index in [4.69, 9.17) is 5.84 Å². The number of anilines is 1. The maximum atomic E-state index is 12.3. The Kier molecular flexibility index (Phi) is 3.66. The van der Waals surface area contributed by atoms with E-state index in [2.05, 4.69) is 5.43 Å². The summed E-state index contributed by atoms with van der Waals surface area (Å²) in [5.74, 6) is 5.61. The topological polar surface area (TPSA) is 102 Å². The second-order valence-electron chi connectivity index (χ2n) is 4.73. The molecule has 19 heavy (non-hydrogen) atoms. The van der Waals surface area contributed by atoms with Crippen molar-refractivity contribution in [2.24, 2.45) is 11.8 Å². The monoisotopic (exact) mass is 264 g/mol. The fourth-order valence-corrected chi connectivity index (χ4v) is 2.00. The quantitative estimate of drug-likeness (QED) is 0.475. The van der Waals surface area contributed by atoms with Crippen molar-refractivity contribution in [2.45, 2.75) is 12.8 Å². The summed E-state index contributed by atoms with van der Waals surface area (Å²) in [6.45, 7) is 0.672. The van der Waals surface area contributed by atoms with Crippen LogP contribution < -0.4 is 11.3 Å². The van der Waals surface area contributed by atoms with E-state index < -0.39 is 4.92 Å². The Balaban J connectivity index is 2.29. The third kappa shape index (κ3) is 2.82. The molecule has 0 radical (unpaired) electrons. The Morgan fingerprint density at radius 3 is 2.79 bits per heavy atom. The van der Waals surface area contributed by atoms with Crippen molar-refractivity contribution in [1.82, 2.24) is 4.90 Å². The lowest BCUT2D eigenvalue weighted by atomic mass is 10.1. The number of carbonyl (C=O) groups is 1. The number of nitrogens with zero attached hydrogens (tertiary/aromatic N) is 2. The summed E-state index contributed by atoms with van der Waals surface area (Å²) in [5.41, 5.74) is 2.34. The second kappa shape index (κ2) is 5.23. The zero-order valence-corrected chi connectivity index (χ0v) is 10.6. The Labute approximate surface area is 110 Å². The molecular weight excluding hydrogens is 248 g/mol. The molecule has 0 aromatic heterocycles. The molecule has 1 aliphatic carbocycles. The number of nitro benzene ring substituents is 1. The van der Waals surface area contributed by atoms with Crippen LogP contribution in [0.1, 0.15) is 23.2 Å². The van der Waals surface area contributed by atoms with E-state index >= 15 is 0 Å². The highest BCUT2D eigenvalue weighted by Gasteiger charge is 2.28. The Morgan fingerprint density at radius 1 is 1.58 bits per heavy atom. The van der Waals surface area contributed by atoms with Gasteiger partial charge in [-0.05, 0) is 24.8 Å². The van der Waals surface area contributed by atoms with Gasteiger partial charge in [0.2, 0.25) is 0 Å². The maximum absolute atomic E-state index is 12.3.